The molecule has 1 aromatic rings. The fourth-order valence-electron chi connectivity index (χ4n) is 1.87. The number of carboxylic acids is 1. The highest BCUT2D eigenvalue weighted by Gasteiger charge is 2.19. The van der Waals surface area contributed by atoms with Crippen LogP contribution < -0.4 is 4.74 Å². The van der Waals surface area contributed by atoms with Crippen LogP contribution in [0, 0.1) is 0 Å². The zero-order valence-corrected chi connectivity index (χ0v) is 11.2. The SMILES string of the molecule is CC(C(=O)O)=C(C(C)Oc1ccccc1)N(C)C. The van der Waals surface area contributed by atoms with Gasteiger partial charge in [-0.15, -0.1) is 0 Å². The van der Waals surface area contributed by atoms with E-state index >= 15 is 0 Å². The standard InChI is InChI=1S/C14H19NO3/c1-10(14(16)17)13(15(3)4)11(2)18-12-8-6-5-7-9-12/h5-9,11H,1-4H3,(H,16,17). The van der Waals surface area contributed by atoms with E-state index in [2.05, 4.69) is 0 Å². The van der Waals surface area contributed by atoms with Gasteiger partial charge in [0.05, 0.1) is 11.3 Å². The summed E-state index contributed by atoms with van der Waals surface area (Å²) >= 11 is 0. The second-order valence-electron chi connectivity index (χ2n) is 4.28. The van der Waals surface area contributed by atoms with E-state index in [9.17, 15) is 4.79 Å². The Kier molecular flexibility index (Phi) is 4.77. The Morgan fingerprint density at radius 1 is 1.28 bits per heavy atom. The van der Waals surface area contributed by atoms with Crippen LogP contribution in [0.25, 0.3) is 0 Å². The molecule has 0 aliphatic heterocycles. The first-order valence-corrected chi connectivity index (χ1v) is 5.76. The molecule has 0 saturated heterocycles. The van der Waals surface area contributed by atoms with E-state index in [0.717, 1.165) is 5.75 Å². The van der Waals surface area contributed by atoms with Gasteiger partial charge in [-0.25, -0.2) is 4.79 Å². The molecule has 0 radical (unpaired) electrons. The van der Waals surface area contributed by atoms with Crippen LogP contribution in [0.3, 0.4) is 0 Å². The predicted octanol–water partition coefficient (Wildman–Crippen LogP) is 2.37. The summed E-state index contributed by atoms with van der Waals surface area (Å²) < 4.78 is 5.75. The molecular formula is C14H19NO3. The van der Waals surface area contributed by atoms with Gasteiger partial charge in [0.25, 0.3) is 0 Å². The van der Waals surface area contributed by atoms with E-state index in [-0.39, 0.29) is 6.10 Å². The molecule has 1 N–H and O–H groups in total. The Bertz CT molecular complexity index is 438. The topological polar surface area (TPSA) is 49.8 Å². The van der Waals surface area contributed by atoms with Gasteiger partial charge in [-0.05, 0) is 26.0 Å². The zero-order chi connectivity index (χ0) is 13.7. The Balaban J connectivity index is 2.95. The Morgan fingerprint density at radius 3 is 2.28 bits per heavy atom. The number of carboxylic acid groups (broad SMARTS) is 1. The van der Waals surface area contributed by atoms with Gasteiger partial charge in [-0.2, -0.15) is 0 Å². The first kappa shape index (κ1) is 14.1. The molecule has 0 aliphatic rings. The van der Waals surface area contributed by atoms with E-state index in [0.29, 0.717) is 11.3 Å². The molecule has 0 bridgehead atoms. The highest BCUT2D eigenvalue weighted by Crippen LogP contribution is 2.19. The van der Waals surface area contributed by atoms with E-state index in [4.69, 9.17) is 9.84 Å². The van der Waals surface area contributed by atoms with Gasteiger partial charge in [0, 0.05) is 14.1 Å². The summed E-state index contributed by atoms with van der Waals surface area (Å²) in [4.78, 5) is 12.8. The molecule has 0 fully saturated rings. The summed E-state index contributed by atoms with van der Waals surface area (Å²) in [6.45, 7) is 3.43. The van der Waals surface area contributed by atoms with Gasteiger partial charge in [-0.3, -0.25) is 0 Å². The number of para-hydroxylation sites is 1. The van der Waals surface area contributed by atoms with E-state index in [1.807, 2.05) is 51.4 Å². The van der Waals surface area contributed by atoms with Crippen molar-refractivity contribution in [1.82, 2.24) is 4.90 Å². The summed E-state index contributed by atoms with van der Waals surface area (Å²) in [5, 5.41) is 9.08. The number of likely N-dealkylation sites (N-methyl/N-ethyl adjacent to an activating group) is 1. The van der Waals surface area contributed by atoms with Crippen molar-refractivity contribution in [3.63, 3.8) is 0 Å². The molecule has 1 rings (SSSR count). The largest absolute Gasteiger partial charge is 0.485 e. The number of aliphatic carboxylic acids is 1. The van der Waals surface area contributed by atoms with Crippen molar-refractivity contribution < 1.29 is 14.6 Å². The van der Waals surface area contributed by atoms with Crippen LogP contribution in [0.2, 0.25) is 0 Å². The van der Waals surface area contributed by atoms with Gasteiger partial charge in [0.1, 0.15) is 11.9 Å². The van der Waals surface area contributed by atoms with Crippen LogP contribution in [0.4, 0.5) is 0 Å². The maximum atomic E-state index is 11.1. The quantitative estimate of drug-likeness (QED) is 0.814. The molecule has 0 heterocycles. The van der Waals surface area contributed by atoms with Crippen molar-refractivity contribution in [1.29, 1.82) is 0 Å². The molecule has 1 atom stereocenters. The summed E-state index contributed by atoms with van der Waals surface area (Å²) in [5.74, 6) is -0.204. The Morgan fingerprint density at radius 2 is 1.83 bits per heavy atom. The highest BCUT2D eigenvalue weighted by atomic mass is 16.5. The van der Waals surface area contributed by atoms with Crippen molar-refractivity contribution >= 4 is 5.97 Å². The van der Waals surface area contributed by atoms with Gasteiger partial charge < -0.3 is 14.7 Å². The third kappa shape index (κ3) is 3.52. The number of hydrogen-bond donors (Lipinski definition) is 1. The number of nitrogens with zero attached hydrogens (tertiary/aromatic N) is 1. The first-order chi connectivity index (χ1) is 8.43. The van der Waals surface area contributed by atoms with Crippen LogP contribution in [0.5, 0.6) is 5.75 Å². The van der Waals surface area contributed by atoms with Crippen LogP contribution >= 0.6 is 0 Å². The van der Waals surface area contributed by atoms with Crippen molar-refractivity contribution in [2.75, 3.05) is 14.1 Å². The fraction of sp³-hybridized carbons (Fsp3) is 0.357. The number of ether oxygens (including phenoxy) is 1. The van der Waals surface area contributed by atoms with Crippen molar-refractivity contribution in [2.24, 2.45) is 0 Å². The minimum atomic E-state index is -0.929. The molecule has 98 valence electrons. The Labute approximate surface area is 107 Å². The van der Waals surface area contributed by atoms with Crippen molar-refractivity contribution in [3.8, 4) is 5.75 Å². The van der Waals surface area contributed by atoms with Gasteiger partial charge >= 0.3 is 5.97 Å². The van der Waals surface area contributed by atoms with Crippen molar-refractivity contribution in [2.45, 2.75) is 20.0 Å². The molecule has 4 nitrogen and oxygen atoms in total. The smallest absolute Gasteiger partial charge is 0.333 e. The lowest BCUT2D eigenvalue weighted by Crippen LogP contribution is -2.28. The predicted molar refractivity (Wildman–Crippen MR) is 70.6 cm³/mol. The fourth-order valence-corrected chi connectivity index (χ4v) is 1.87. The van der Waals surface area contributed by atoms with Gasteiger partial charge in [0.15, 0.2) is 0 Å². The van der Waals surface area contributed by atoms with E-state index < -0.39 is 5.97 Å². The Hall–Kier alpha value is -1.97. The van der Waals surface area contributed by atoms with E-state index in [1.54, 1.807) is 11.8 Å². The maximum absolute atomic E-state index is 11.1. The maximum Gasteiger partial charge on any atom is 0.333 e. The average molecular weight is 249 g/mol. The molecule has 1 unspecified atom stereocenters. The molecule has 18 heavy (non-hydrogen) atoms. The zero-order valence-electron chi connectivity index (χ0n) is 11.2. The lowest BCUT2D eigenvalue weighted by Gasteiger charge is -2.25. The molecule has 0 aromatic heterocycles. The lowest BCUT2D eigenvalue weighted by atomic mass is 10.1. The average Bonchev–Trinajstić information content (AvgIpc) is 2.29. The number of rotatable bonds is 5. The number of hydrogen-bond acceptors (Lipinski definition) is 3. The first-order valence-electron chi connectivity index (χ1n) is 5.76. The van der Waals surface area contributed by atoms with Crippen LogP contribution in [0.15, 0.2) is 41.6 Å². The van der Waals surface area contributed by atoms with Gasteiger partial charge in [-0.1, -0.05) is 18.2 Å². The molecular weight excluding hydrogens is 230 g/mol. The minimum Gasteiger partial charge on any atom is -0.485 e. The van der Waals surface area contributed by atoms with Gasteiger partial charge in [0.2, 0.25) is 0 Å². The highest BCUT2D eigenvalue weighted by molar-refractivity contribution is 5.86. The molecule has 0 spiro atoms. The third-order valence-electron chi connectivity index (χ3n) is 2.63. The van der Waals surface area contributed by atoms with Crippen molar-refractivity contribution in [3.05, 3.63) is 41.6 Å². The summed E-state index contributed by atoms with van der Waals surface area (Å²) in [5.41, 5.74) is 0.954. The number of benzene rings is 1. The summed E-state index contributed by atoms with van der Waals surface area (Å²) in [6, 6.07) is 9.36. The molecule has 0 aliphatic carbocycles. The monoisotopic (exact) mass is 249 g/mol. The summed E-state index contributed by atoms with van der Waals surface area (Å²) in [7, 11) is 3.62. The second kappa shape index (κ2) is 6.10. The molecule has 4 heteroatoms. The number of carbonyl (C=O) groups is 1. The second-order valence-corrected chi connectivity index (χ2v) is 4.28. The van der Waals surface area contributed by atoms with Crippen LogP contribution in [-0.4, -0.2) is 36.2 Å². The minimum absolute atomic E-state index is 0.295. The van der Waals surface area contributed by atoms with E-state index in [1.165, 1.54) is 0 Å². The molecule has 0 saturated carbocycles. The normalized spacial score (nSPS) is 13.6. The van der Waals surface area contributed by atoms with Crippen LogP contribution in [-0.2, 0) is 4.79 Å². The lowest BCUT2D eigenvalue weighted by molar-refractivity contribution is -0.132. The summed E-state index contributed by atoms with van der Waals surface area (Å²) in [6.07, 6.45) is -0.321. The third-order valence-corrected chi connectivity index (χ3v) is 2.63. The van der Waals surface area contributed by atoms with Crippen LogP contribution in [0.1, 0.15) is 13.8 Å². The molecule has 1 aromatic carbocycles. The molecule has 0 amide bonds.